The van der Waals surface area contributed by atoms with Crippen molar-refractivity contribution in [2.24, 2.45) is 11.7 Å². The summed E-state index contributed by atoms with van der Waals surface area (Å²) in [5, 5.41) is 23.4. The van der Waals surface area contributed by atoms with Gasteiger partial charge in [-0.1, -0.05) is 13.8 Å². The molecule has 1 saturated heterocycles. The second kappa shape index (κ2) is 9.65. The molecule has 5 atom stereocenters. The average molecular weight is 386 g/mol. The lowest BCUT2D eigenvalue weighted by molar-refractivity contribution is -0.143. The second-order valence-electron chi connectivity index (χ2n) is 7.25. The molecule has 27 heavy (non-hydrogen) atoms. The molecule has 1 rings (SSSR count). The molecule has 0 aliphatic carbocycles. The number of carboxylic acids is 1. The molecule has 1 heterocycles. The monoisotopic (exact) mass is 386 g/mol. The number of rotatable bonds is 8. The number of carbonyl (C=O) groups is 4. The number of nitrogens with two attached hydrogens (primary N) is 1. The summed E-state index contributed by atoms with van der Waals surface area (Å²) >= 11 is 0. The molecule has 1 fully saturated rings. The van der Waals surface area contributed by atoms with E-state index in [4.69, 9.17) is 10.8 Å². The Hall–Kier alpha value is -2.20. The zero-order valence-corrected chi connectivity index (χ0v) is 16.1. The van der Waals surface area contributed by atoms with E-state index in [0.717, 1.165) is 0 Å². The van der Waals surface area contributed by atoms with Crippen LogP contribution >= 0.6 is 0 Å². The normalized spacial score (nSPS) is 21.3. The van der Waals surface area contributed by atoms with E-state index in [1.807, 2.05) is 13.8 Å². The van der Waals surface area contributed by atoms with E-state index >= 15 is 0 Å². The molecule has 5 unspecified atom stereocenters. The summed E-state index contributed by atoms with van der Waals surface area (Å²) in [6, 6.07) is -4.03. The van der Waals surface area contributed by atoms with E-state index in [0.29, 0.717) is 19.4 Å². The fourth-order valence-corrected chi connectivity index (χ4v) is 2.80. The van der Waals surface area contributed by atoms with Gasteiger partial charge in [0.05, 0.1) is 12.1 Å². The van der Waals surface area contributed by atoms with Gasteiger partial charge in [0.1, 0.15) is 18.1 Å². The number of aliphatic hydroxyl groups excluding tert-OH is 1. The first kappa shape index (κ1) is 22.8. The molecule has 0 radical (unpaired) electrons. The molecule has 3 amide bonds. The van der Waals surface area contributed by atoms with Gasteiger partial charge >= 0.3 is 5.97 Å². The van der Waals surface area contributed by atoms with E-state index in [9.17, 15) is 24.3 Å². The van der Waals surface area contributed by atoms with Gasteiger partial charge in [0, 0.05) is 6.54 Å². The van der Waals surface area contributed by atoms with Crippen LogP contribution in [-0.2, 0) is 19.2 Å². The molecular formula is C17H30N4O6. The zero-order chi connectivity index (χ0) is 20.9. The van der Waals surface area contributed by atoms with Crippen molar-refractivity contribution >= 4 is 23.7 Å². The minimum absolute atomic E-state index is 0.0877. The first-order chi connectivity index (χ1) is 12.5. The Morgan fingerprint density at radius 3 is 2.19 bits per heavy atom. The van der Waals surface area contributed by atoms with Gasteiger partial charge in [-0.3, -0.25) is 19.2 Å². The largest absolute Gasteiger partial charge is 0.480 e. The van der Waals surface area contributed by atoms with Crippen LogP contribution in [0.3, 0.4) is 0 Å². The predicted octanol–water partition coefficient (Wildman–Crippen LogP) is -1.58. The number of amides is 3. The molecule has 6 N–H and O–H groups in total. The van der Waals surface area contributed by atoms with Gasteiger partial charge in [0.25, 0.3) is 0 Å². The number of aliphatic hydroxyl groups is 1. The predicted molar refractivity (Wildman–Crippen MR) is 96.4 cm³/mol. The number of carboxylic acid groups (broad SMARTS) is 1. The topological polar surface area (TPSA) is 162 Å². The highest BCUT2D eigenvalue weighted by Gasteiger charge is 2.39. The molecule has 10 nitrogen and oxygen atoms in total. The lowest BCUT2D eigenvalue weighted by Gasteiger charge is -2.30. The summed E-state index contributed by atoms with van der Waals surface area (Å²) in [5.41, 5.74) is 5.90. The van der Waals surface area contributed by atoms with Crippen molar-refractivity contribution in [2.75, 3.05) is 6.54 Å². The Morgan fingerprint density at radius 1 is 1.11 bits per heavy atom. The van der Waals surface area contributed by atoms with Gasteiger partial charge in [-0.2, -0.15) is 0 Å². The highest BCUT2D eigenvalue weighted by Crippen LogP contribution is 2.20. The van der Waals surface area contributed by atoms with Gasteiger partial charge in [-0.15, -0.1) is 0 Å². The Labute approximate surface area is 158 Å². The van der Waals surface area contributed by atoms with Crippen molar-refractivity contribution in [1.82, 2.24) is 15.5 Å². The maximum absolute atomic E-state index is 12.6. The summed E-state index contributed by atoms with van der Waals surface area (Å²) in [6.45, 7) is 6.59. The second-order valence-corrected chi connectivity index (χ2v) is 7.25. The van der Waals surface area contributed by atoms with Crippen LogP contribution in [0.25, 0.3) is 0 Å². The zero-order valence-electron chi connectivity index (χ0n) is 16.1. The summed E-state index contributed by atoms with van der Waals surface area (Å²) < 4.78 is 0. The molecule has 0 saturated carbocycles. The number of likely N-dealkylation sites (tertiary alicyclic amines) is 1. The van der Waals surface area contributed by atoms with Gasteiger partial charge in [-0.25, -0.2) is 0 Å². The number of aliphatic carboxylic acids is 1. The van der Waals surface area contributed by atoms with Crippen LogP contribution in [0, 0.1) is 5.92 Å². The summed E-state index contributed by atoms with van der Waals surface area (Å²) in [5.74, 6) is -3.06. The first-order valence-electron chi connectivity index (χ1n) is 9.05. The van der Waals surface area contributed by atoms with E-state index in [1.165, 1.54) is 18.7 Å². The van der Waals surface area contributed by atoms with Crippen molar-refractivity contribution in [3.63, 3.8) is 0 Å². The van der Waals surface area contributed by atoms with Crippen LogP contribution in [0.4, 0.5) is 0 Å². The standard InChI is InChI=1S/C17H30N4O6/c1-8(2)12(18)16(25)21-7-5-6-11(21)14(23)20-13(10(4)22)15(24)19-9(3)17(26)27/h8-13,22H,5-7,18H2,1-4H3,(H,19,24)(H,20,23)(H,26,27). The van der Waals surface area contributed by atoms with E-state index in [2.05, 4.69) is 10.6 Å². The van der Waals surface area contributed by atoms with Crippen LogP contribution in [0.2, 0.25) is 0 Å². The molecule has 0 spiro atoms. The highest BCUT2D eigenvalue weighted by atomic mass is 16.4. The maximum Gasteiger partial charge on any atom is 0.325 e. The molecule has 0 aromatic rings. The number of hydrogen-bond donors (Lipinski definition) is 5. The van der Waals surface area contributed by atoms with Crippen molar-refractivity contribution in [1.29, 1.82) is 0 Å². The van der Waals surface area contributed by atoms with E-state index < -0.39 is 48.1 Å². The van der Waals surface area contributed by atoms with Crippen molar-refractivity contribution in [2.45, 2.75) is 70.8 Å². The van der Waals surface area contributed by atoms with E-state index in [1.54, 1.807) is 0 Å². The van der Waals surface area contributed by atoms with Crippen LogP contribution in [-0.4, -0.2) is 75.6 Å². The average Bonchev–Trinajstić information content (AvgIpc) is 3.06. The smallest absolute Gasteiger partial charge is 0.325 e. The minimum atomic E-state index is -1.34. The third-order valence-electron chi connectivity index (χ3n) is 4.63. The molecule has 1 aliphatic rings. The molecule has 0 aromatic heterocycles. The van der Waals surface area contributed by atoms with Crippen molar-refractivity contribution in [3.8, 4) is 0 Å². The number of carbonyl (C=O) groups excluding carboxylic acids is 3. The van der Waals surface area contributed by atoms with Crippen LogP contribution in [0.5, 0.6) is 0 Å². The molecular weight excluding hydrogens is 356 g/mol. The molecule has 0 bridgehead atoms. The maximum atomic E-state index is 12.6. The van der Waals surface area contributed by atoms with Gasteiger partial charge in [-0.05, 0) is 32.6 Å². The molecule has 1 aliphatic heterocycles. The van der Waals surface area contributed by atoms with Gasteiger partial charge in [0.2, 0.25) is 17.7 Å². The Morgan fingerprint density at radius 2 is 1.70 bits per heavy atom. The van der Waals surface area contributed by atoms with Crippen LogP contribution < -0.4 is 16.4 Å². The SMILES string of the molecule is CC(NC(=O)C(NC(=O)C1CCCN1C(=O)C(N)C(C)C)C(C)O)C(=O)O. The molecule has 154 valence electrons. The Bertz CT molecular complexity index is 580. The quantitative estimate of drug-likeness (QED) is 0.336. The lowest BCUT2D eigenvalue weighted by Crippen LogP contribution is -2.59. The lowest BCUT2D eigenvalue weighted by atomic mass is 10.0. The Balaban J connectivity index is 2.84. The van der Waals surface area contributed by atoms with Crippen molar-refractivity contribution < 1.29 is 29.4 Å². The number of hydrogen-bond acceptors (Lipinski definition) is 6. The van der Waals surface area contributed by atoms with Gasteiger partial charge in [0.15, 0.2) is 0 Å². The van der Waals surface area contributed by atoms with Gasteiger partial charge < -0.3 is 31.5 Å². The van der Waals surface area contributed by atoms with Crippen molar-refractivity contribution in [3.05, 3.63) is 0 Å². The Kier molecular flexibility index (Phi) is 8.17. The highest BCUT2D eigenvalue weighted by molar-refractivity contribution is 5.94. The fourth-order valence-electron chi connectivity index (χ4n) is 2.80. The minimum Gasteiger partial charge on any atom is -0.480 e. The molecule has 10 heteroatoms. The summed E-state index contributed by atoms with van der Waals surface area (Å²) in [7, 11) is 0. The first-order valence-corrected chi connectivity index (χ1v) is 9.05. The number of nitrogens with zero attached hydrogens (tertiary/aromatic N) is 1. The third kappa shape index (κ3) is 5.90. The van der Waals surface area contributed by atoms with Crippen LogP contribution in [0.1, 0.15) is 40.5 Å². The van der Waals surface area contributed by atoms with E-state index in [-0.39, 0.29) is 11.8 Å². The fraction of sp³-hybridized carbons (Fsp3) is 0.765. The third-order valence-corrected chi connectivity index (χ3v) is 4.63. The summed E-state index contributed by atoms with van der Waals surface area (Å²) in [6.07, 6.45) is -0.211. The summed E-state index contributed by atoms with van der Waals surface area (Å²) in [4.78, 5) is 49.6. The number of nitrogens with one attached hydrogen (secondary N) is 2. The molecule has 0 aromatic carbocycles. The van der Waals surface area contributed by atoms with Crippen LogP contribution in [0.15, 0.2) is 0 Å².